The summed E-state index contributed by atoms with van der Waals surface area (Å²) in [7, 11) is 0. The fraction of sp³-hybridized carbons (Fsp3) is 0.412. The molecule has 0 spiro atoms. The first-order valence-corrected chi connectivity index (χ1v) is 7.88. The van der Waals surface area contributed by atoms with E-state index < -0.39 is 6.10 Å². The number of ether oxygens (including phenoxy) is 1. The standard InChI is InChI=1S/C17H19FN2O3/c1-2-15(22-12-9-7-11(18)8-10-12)16(21)19-17-13-5-3-4-6-14(13)20-23-17/h7-10,15H,2-6H2,1H3,(H,19,21)/t15-/m1/s1. The molecule has 0 aliphatic heterocycles. The highest BCUT2D eigenvalue weighted by molar-refractivity contribution is 5.93. The summed E-state index contributed by atoms with van der Waals surface area (Å²) in [4.78, 5) is 12.4. The van der Waals surface area contributed by atoms with E-state index in [9.17, 15) is 9.18 Å². The number of anilines is 1. The molecule has 122 valence electrons. The fourth-order valence-corrected chi connectivity index (χ4v) is 2.68. The normalized spacial score (nSPS) is 14.9. The average Bonchev–Trinajstić information content (AvgIpc) is 2.97. The third-order valence-electron chi connectivity index (χ3n) is 3.95. The van der Waals surface area contributed by atoms with E-state index in [1.54, 1.807) is 0 Å². The molecule has 1 atom stereocenters. The number of fused-ring (bicyclic) bond motifs is 1. The molecule has 2 aromatic rings. The molecule has 5 nitrogen and oxygen atoms in total. The van der Waals surface area contributed by atoms with Gasteiger partial charge in [0, 0.05) is 5.56 Å². The Morgan fingerprint density at radius 3 is 2.83 bits per heavy atom. The lowest BCUT2D eigenvalue weighted by Gasteiger charge is -2.17. The lowest BCUT2D eigenvalue weighted by atomic mass is 9.97. The highest BCUT2D eigenvalue weighted by Crippen LogP contribution is 2.27. The van der Waals surface area contributed by atoms with Crippen LogP contribution in [0.2, 0.25) is 0 Å². The second-order valence-corrected chi connectivity index (χ2v) is 5.60. The van der Waals surface area contributed by atoms with Gasteiger partial charge in [-0.15, -0.1) is 0 Å². The van der Waals surface area contributed by atoms with Crippen LogP contribution in [0, 0.1) is 5.82 Å². The Morgan fingerprint density at radius 1 is 1.35 bits per heavy atom. The van der Waals surface area contributed by atoms with Gasteiger partial charge in [-0.2, -0.15) is 0 Å². The highest BCUT2D eigenvalue weighted by atomic mass is 19.1. The predicted octanol–water partition coefficient (Wildman–Crippen LogP) is 3.49. The molecule has 0 saturated carbocycles. The zero-order valence-electron chi connectivity index (χ0n) is 13.0. The zero-order valence-corrected chi connectivity index (χ0v) is 13.0. The van der Waals surface area contributed by atoms with Crippen LogP contribution in [-0.4, -0.2) is 17.2 Å². The van der Waals surface area contributed by atoms with Crippen LogP contribution in [0.1, 0.15) is 37.4 Å². The van der Waals surface area contributed by atoms with Crippen molar-refractivity contribution in [2.45, 2.75) is 45.1 Å². The monoisotopic (exact) mass is 318 g/mol. The van der Waals surface area contributed by atoms with Crippen LogP contribution >= 0.6 is 0 Å². The van der Waals surface area contributed by atoms with Crippen LogP contribution in [-0.2, 0) is 17.6 Å². The third kappa shape index (κ3) is 3.52. The lowest BCUT2D eigenvalue weighted by molar-refractivity contribution is -0.123. The maximum absolute atomic E-state index is 12.9. The van der Waals surface area contributed by atoms with Crippen LogP contribution in [0.4, 0.5) is 10.3 Å². The fourth-order valence-electron chi connectivity index (χ4n) is 2.68. The van der Waals surface area contributed by atoms with Gasteiger partial charge in [-0.25, -0.2) is 4.39 Å². The molecule has 23 heavy (non-hydrogen) atoms. The molecule has 1 N–H and O–H groups in total. The van der Waals surface area contributed by atoms with Gasteiger partial charge < -0.3 is 9.26 Å². The van der Waals surface area contributed by atoms with Gasteiger partial charge >= 0.3 is 0 Å². The minimum atomic E-state index is -0.676. The maximum atomic E-state index is 12.9. The minimum absolute atomic E-state index is 0.290. The number of halogens is 1. The van der Waals surface area contributed by atoms with Crippen LogP contribution in [0.5, 0.6) is 5.75 Å². The molecule has 3 rings (SSSR count). The summed E-state index contributed by atoms with van der Waals surface area (Å²) in [5, 5.41) is 6.78. The second kappa shape index (κ2) is 6.81. The Morgan fingerprint density at radius 2 is 2.09 bits per heavy atom. The van der Waals surface area contributed by atoms with Gasteiger partial charge in [-0.1, -0.05) is 12.1 Å². The highest BCUT2D eigenvalue weighted by Gasteiger charge is 2.24. The van der Waals surface area contributed by atoms with Crippen molar-refractivity contribution < 1.29 is 18.4 Å². The number of nitrogens with one attached hydrogen (secondary N) is 1. The largest absolute Gasteiger partial charge is 0.481 e. The molecule has 0 fully saturated rings. The molecular formula is C17H19FN2O3. The summed E-state index contributed by atoms with van der Waals surface area (Å²) in [6, 6.07) is 5.60. The summed E-state index contributed by atoms with van der Waals surface area (Å²) >= 11 is 0. The number of rotatable bonds is 5. The molecule has 0 saturated heterocycles. The molecule has 0 unspecified atom stereocenters. The van der Waals surface area contributed by atoms with Crippen molar-refractivity contribution >= 4 is 11.8 Å². The van der Waals surface area contributed by atoms with Crippen molar-refractivity contribution in [2.24, 2.45) is 0 Å². The van der Waals surface area contributed by atoms with Gasteiger partial charge in [0.1, 0.15) is 11.6 Å². The van der Waals surface area contributed by atoms with Gasteiger partial charge in [0.25, 0.3) is 5.91 Å². The lowest BCUT2D eigenvalue weighted by Crippen LogP contribution is -2.32. The van der Waals surface area contributed by atoms with Crippen molar-refractivity contribution in [2.75, 3.05) is 5.32 Å². The van der Waals surface area contributed by atoms with E-state index in [1.165, 1.54) is 24.3 Å². The van der Waals surface area contributed by atoms with Crippen molar-refractivity contribution in [3.8, 4) is 5.75 Å². The van der Waals surface area contributed by atoms with E-state index >= 15 is 0 Å². The smallest absolute Gasteiger partial charge is 0.267 e. The summed E-state index contributed by atoms with van der Waals surface area (Å²) < 4.78 is 23.8. The van der Waals surface area contributed by atoms with Gasteiger partial charge in [0.05, 0.1) is 5.69 Å². The Bertz CT molecular complexity index is 682. The average molecular weight is 318 g/mol. The number of nitrogens with zero attached hydrogens (tertiary/aromatic N) is 1. The number of hydrogen-bond acceptors (Lipinski definition) is 4. The summed E-state index contributed by atoms with van der Waals surface area (Å²) in [6.07, 6.45) is 3.73. The quantitative estimate of drug-likeness (QED) is 0.916. The van der Waals surface area contributed by atoms with Crippen molar-refractivity contribution in [1.29, 1.82) is 0 Å². The maximum Gasteiger partial charge on any atom is 0.267 e. The van der Waals surface area contributed by atoms with Gasteiger partial charge in [-0.3, -0.25) is 10.1 Å². The summed E-state index contributed by atoms with van der Waals surface area (Å²) in [5.74, 6) is 0.239. The van der Waals surface area contributed by atoms with Crippen molar-refractivity contribution in [3.05, 3.63) is 41.3 Å². The second-order valence-electron chi connectivity index (χ2n) is 5.60. The van der Waals surface area contributed by atoms with E-state index in [2.05, 4.69) is 10.5 Å². The number of amides is 1. The van der Waals surface area contributed by atoms with Crippen LogP contribution < -0.4 is 10.1 Å². The first kappa shape index (κ1) is 15.5. The molecule has 1 aromatic heterocycles. The summed E-state index contributed by atoms with van der Waals surface area (Å²) in [6.45, 7) is 1.85. The number of carbonyl (C=O) groups excluding carboxylic acids is 1. The third-order valence-corrected chi connectivity index (χ3v) is 3.95. The molecular weight excluding hydrogens is 299 g/mol. The number of aromatic nitrogens is 1. The van der Waals surface area contributed by atoms with E-state index in [-0.39, 0.29) is 11.7 Å². The molecule has 1 heterocycles. The first-order chi connectivity index (χ1) is 11.2. The number of benzene rings is 1. The Labute approximate surface area is 133 Å². The summed E-state index contributed by atoms with van der Waals surface area (Å²) in [5.41, 5.74) is 1.92. The van der Waals surface area contributed by atoms with E-state index in [4.69, 9.17) is 9.26 Å². The Hall–Kier alpha value is -2.37. The molecule has 1 aromatic carbocycles. The number of hydrogen-bond donors (Lipinski definition) is 1. The van der Waals surface area contributed by atoms with Gasteiger partial charge in [-0.05, 0) is 56.4 Å². The van der Waals surface area contributed by atoms with E-state index in [1.807, 2.05) is 6.92 Å². The Kier molecular flexibility index (Phi) is 4.60. The first-order valence-electron chi connectivity index (χ1n) is 7.88. The van der Waals surface area contributed by atoms with Crippen LogP contribution in [0.15, 0.2) is 28.8 Å². The van der Waals surface area contributed by atoms with Crippen molar-refractivity contribution in [3.63, 3.8) is 0 Å². The topological polar surface area (TPSA) is 64.4 Å². The SMILES string of the molecule is CC[C@@H](Oc1ccc(F)cc1)C(=O)Nc1onc2c1CCCC2. The molecule has 1 aliphatic rings. The molecule has 6 heteroatoms. The molecule has 0 radical (unpaired) electrons. The number of aryl methyl sites for hydroxylation is 1. The van der Waals surface area contributed by atoms with Crippen LogP contribution in [0.25, 0.3) is 0 Å². The van der Waals surface area contributed by atoms with Gasteiger partial charge in [0.15, 0.2) is 6.10 Å². The van der Waals surface area contributed by atoms with Crippen molar-refractivity contribution in [1.82, 2.24) is 5.16 Å². The number of carbonyl (C=O) groups is 1. The zero-order chi connectivity index (χ0) is 16.2. The predicted molar refractivity (Wildman–Crippen MR) is 82.9 cm³/mol. The Balaban J connectivity index is 1.68. The van der Waals surface area contributed by atoms with E-state index in [0.717, 1.165) is 36.9 Å². The van der Waals surface area contributed by atoms with Crippen LogP contribution in [0.3, 0.4) is 0 Å². The van der Waals surface area contributed by atoms with Gasteiger partial charge in [0.2, 0.25) is 5.88 Å². The molecule has 1 aliphatic carbocycles. The molecule has 0 bridgehead atoms. The van der Waals surface area contributed by atoms with E-state index in [0.29, 0.717) is 18.1 Å². The minimum Gasteiger partial charge on any atom is -0.481 e. The molecule has 1 amide bonds.